The summed E-state index contributed by atoms with van der Waals surface area (Å²) in [5, 5.41) is 4.10. The van der Waals surface area contributed by atoms with Crippen LogP contribution in [0.25, 0.3) is 0 Å². The van der Waals surface area contributed by atoms with Gasteiger partial charge in [0.15, 0.2) is 0 Å². The first-order chi connectivity index (χ1) is 7.75. The number of benzene rings is 2. The van der Waals surface area contributed by atoms with Gasteiger partial charge in [0, 0.05) is 21.7 Å². The number of para-hydroxylation sites is 1. The topological polar surface area (TPSA) is 12.0 Å². The average Bonchev–Trinajstić information content (AvgIpc) is 2.32. The van der Waals surface area contributed by atoms with E-state index in [0.29, 0.717) is 0 Å². The van der Waals surface area contributed by atoms with Crippen molar-refractivity contribution in [1.82, 2.24) is 0 Å². The van der Waals surface area contributed by atoms with Gasteiger partial charge in [-0.3, -0.25) is 0 Å². The first-order valence-electron chi connectivity index (χ1n) is 4.98. The number of halogens is 2. The third-order valence-corrected chi connectivity index (χ3v) is 3.27. The number of hydrogen-bond acceptors (Lipinski definition) is 1. The van der Waals surface area contributed by atoms with Gasteiger partial charge >= 0.3 is 0 Å². The van der Waals surface area contributed by atoms with E-state index in [2.05, 4.69) is 21.2 Å². The second-order valence-corrected chi connectivity index (χ2v) is 4.75. The maximum Gasteiger partial charge on any atom is 0.0412 e. The van der Waals surface area contributed by atoms with E-state index in [1.165, 1.54) is 0 Å². The molecule has 0 aliphatic rings. The van der Waals surface area contributed by atoms with Crippen molar-refractivity contribution < 1.29 is 0 Å². The summed E-state index contributed by atoms with van der Waals surface area (Å²) in [5.74, 6) is 0. The highest BCUT2D eigenvalue weighted by Gasteiger charge is 2.00. The molecule has 1 nitrogen and oxygen atoms in total. The van der Waals surface area contributed by atoms with Gasteiger partial charge in [-0.25, -0.2) is 0 Å². The molecular formula is C13H11BrClN. The van der Waals surface area contributed by atoms with Gasteiger partial charge in [-0.15, -0.1) is 0 Å². The number of hydrogen-bond donors (Lipinski definition) is 1. The first kappa shape index (κ1) is 11.5. The van der Waals surface area contributed by atoms with Gasteiger partial charge in [-0.1, -0.05) is 45.7 Å². The third kappa shape index (κ3) is 3.00. The van der Waals surface area contributed by atoms with Crippen LogP contribution in [0.15, 0.2) is 53.0 Å². The zero-order valence-corrected chi connectivity index (χ0v) is 10.9. The lowest BCUT2D eigenvalue weighted by Crippen LogP contribution is -1.99. The van der Waals surface area contributed by atoms with E-state index < -0.39 is 0 Å². The van der Waals surface area contributed by atoms with Crippen LogP contribution in [0.5, 0.6) is 0 Å². The van der Waals surface area contributed by atoms with Crippen LogP contribution >= 0.6 is 27.5 Å². The van der Waals surface area contributed by atoms with Crippen LogP contribution in [0.2, 0.25) is 5.02 Å². The van der Waals surface area contributed by atoms with E-state index in [-0.39, 0.29) is 0 Å². The summed E-state index contributed by atoms with van der Waals surface area (Å²) in [6, 6.07) is 15.9. The van der Waals surface area contributed by atoms with Gasteiger partial charge in [0.1, 0.15) is 0 Å². The van der Waals surface area contributed by atoms with Crippen molar-refractivity contribution in [3.63, 3.8) is 0 Å². The minimum absolute atomic E-state index is 0.755. The SMILES string of the molecule is Clc1ccc(Br)c(CNc2ccccc2)c1. The average molecular weight is 297 g/mol. The lowest BCUT2D eigenvalue weighted by Gasteiger charge is -2.08. The second kappa shape index (κ2) is 5.37. The smallest absolute Gasteiger partial charge is 0.0412 e. The summed E-state index contributed by atoms with van der Waals surface area (Å²) in [4.78, 5) is 0. The Bertz CT molecular complexity index is 471. The van der Waals surface area contributed by atoms with Crippen molar-refractivity contribution in [2.45, 2.75) is 6.54 Å². The fourth-order valence-electron chi connectivity index (χ4n) is 1.43. The molecule has 0 atom stereocenters. The highest BCUT2D eigenvalue weighted by molar-refractivity contribution is 9.10. The van der Waals surface area contributed by atoms with E-state index in [1.54, 1.807) is 0 Å². The summed E-state index contributed by atoms with van der Waals surface area (Å²) in [6.45, 7) is 0.755. The van der Waals surface area contributed by atoms with Gasteiger partial charge in [-0.05, 0) is 35.9 Å². The molecule has 0 fully saturated rings. The first-order valence-corrected chi connectivity index (χ1v) is 6.15. The van der Waals surface area contributed by atoms with Crippen molar-refractivity contribution in [3.05, 3.63) is 63.6 Å². The third-order valence-electron chi connectivity index (χ3n) is 2.26. The molecule has 1 N–H and O–H groups in total. The van der Waals surface area contributed by atoms with Gasteiger partial charge in [0.05, 0.1) is 0 Å². The molecule has 0 unspecified atom stereocenters. The van der Waals surface area contributed by atoms with Crippen LogP contribution in [0.4, 0.5) is 5.69 Å². The standard InChI is InChI=1S/C13H11BrClN/c14-13-7-6-11(15)8-10(13)9-16-12-4-2-1-3-5-12/h1-8,16H,9H2. The predicted molar refractivity (Wildman–Crippen MR) is 72.9 cm³/mol. The fraction of sp³-hybridized carbons (Fsp3) is 0.0769. The molecule has 0 heterocycles. The number of nitrogens with one attached hydrogen (secondary N) is 1. The van der Waals surface area contributed by atoms with Crippen molar-refractivity contribution in [2.24, 2.45) is 0 Å². The molecule has 16 heavy (non-hydrogen) atoms. The largest absolute Gasteiger partial charge is 0.381 e. The molecule has 0 aliphatic carbocycles. The maximum absolute atomic E-state index is 5.95. The normalized spacial score (nSPS) is 10.1. The van der Waals surface area contributed by atoms with Crippen LogP contribution < -0.4 is 5.32 Å². The number of rotatable bonds is 3. The van der Waals surface area contributed by atoms with E-state index in [9.17, 15) is 0 Å². The van der Waals surface area contributed by atoms with Crippen molar-refractivity contribution in [3.8, 4) is 0 Å². The molecule has 0 radical (unpaired) electrons. The molecule has 2 rings (SSSR count). The quantitative estimate of drug-likeness (QED) is 0.864. The van der Waals surface area contributed by atoms with Gasteiger partial charge < -0.3 is 5.32 Å². The Hall–Kier alpha value is -0.990. The molecule has 0 bridgehead atoms. The summed E-state index contributed by atoms with van der Waals surface area (Å²) >= 11 is 9.46. The van der Waals surface area contributed by atoms with E-state index in [4.69, 9.17) is 11.6 Å². The molecular weight excluding hydrogens is 286 g/mol. The zero-order valence-electron chi connectivity index (χ0n) is 8.58. The zero-order chi connectivity index (χ0) is 11.4. The Kier molecular flexibility index (Phi) is 3.86. The van der Waals surface area contributed by atoms with Crippen LogP contribution in [0.3, 0.4) is 0 Å². The van der Waals surface area contributed by atoms with Gasteiger partial charge in [0.2, 0.25) is 0 Å². The maximum atomic E-state index is 5.95. The summed E-state index contributed by atoms with van der Waals surface area (Å²) in [7, 11) is 0. The highest BCUT2D eigenvalue weighted by atomic mass is 79.9. The highest BCUT2D eigenvalue weighted by Crippen LogP contribution is 2.22. The van der Waals surface area contributed by atoms with Crippen molar-refractivity contribution in [2.75, 3.05) is 5.32 Å². The lowest BCUT2D eigenvalue weighted by atomic mass is 10.2. The summed E-state index contributed by atoms with van der Waals surface area (Å²) in [5.41, 5.74) is 2.26. The molecule has 0 spiro atoms. The Morgan fingerprint density at radius 3 is 2.56 bits per heavy atom. The Labute approximate surface area is 109 Å². The van der Waals surface area contributed by atoms with E-state index >= 15 is 0 Å². The molecule has 0 aromatic heterocycles. The second-order valence-electron chi connectivity index (χ2n) is 3.46. The summed E-state index contributed by atoms with van der Waals surface area (Å²) in [6.07, 6.45) is 0. The van der Waals surface area contributed by atoms with Crippen molar-refractivity contribution in [1.29, 1.82) is 0 Å². The molecule has 82 valence electrons. The molecule has 0 saturated carbocycles. The molecule has 2 aromatic carbocycles. The minimum atomic E-state index is 0.755. The Morgan fingerprint density at radius 1 is 1.06 bits per heavy atom. The lowest BCUT2D eigenvalue weighted by molar-refractivity contribution is 1.14. The van der Waals surface area contributed by atoms with Crippen molar-refractivity contribution >= 4 is 33.2 Å². The van der Waals surface area contributed by atoms with Crippen LogP contribution in [-0.2, 0) is 6.54 Å². The van der Waals surface area contributed by atoms with Crippen LogP contribution in [0.1, 0.15) is 5.56 Å². The molecule has 0 amide bonds. The van der Waals surface area contributed by atoms with E-state index in [1.807, 2.05) is 48.5 Å². The molecule has 0 saturated heterocycles. The number of anilines is 1. The summed E-state index contributed by atoms with van der Waals surface area (Å²) < 4.78 is 1.07. The van der Waals surface area contributed by atoms with E-state index in [0.717, 1.165) is 27.3 Å². The Morgan fingerprint density at radius 2 is 1.81 bits per heavy atom. The van der Waals surface area contributed by atoms with Crippen LogP contribution in [0, 0.1) is 0 Å². The fourth-order valence-corrected chi connectivity index (χ4v) is 2.01. The molecule has 2 aromatic rings. The minimum Gasteiger partial charge on any atom is -0.381 e. The van der Waals surface area contributed by atoms with Crippen LogP contribution in [-0.4, -0.2) is 0 Å². The van der Waals surface area contributed by atoms with Gasteiger partial charge in [0.25, 0.3) is 0 Å². The molecule has 3 heteroatoms. The Balaban J connectivity index is 2.08. The van der Waals surface area contributed by atoms with Gasteiger partial charge in [-0.2, -0.15) is 0 Å². The predicted octanol–water partition coefficient (Wildman–Crippen LogP) is 4.71. The monoisotopic (exact) mass is 295 g/mol. The molecule has 0 aliphatic heterocycles.